The maximum atomic E-state index is 10.2. The smallest absolute Gasteiger partial charge is 0.234 e. The molecule has 0 aliphatic carbocycles. The van der Waals surface area contributed by atoms with Crippen molar-refractivity contribution in [3.8, 4) is 39.9 Å². The fourth-order valence-corrected chi connectivity index (χ4v) is 11.2. The van der Waals surface area contributed by atoms with Crippen molar-refractivity contribution < 1.29 is 0 Å². The van der Waals surface area contributed by atoms with E-state index in [-0.39, 0.29) is 0 Å². The summed E-state index contributed by atoms with van der Waals surface area (Å²) in [6, 6.07) is 79.2. The van der Waals surface area contributed by atoms with E-state index < -0.39 is 0 Å². The van der Waals surface area contributed by atoms with Gasteiger partial charge in [-0.2, -0.15) is 5.26 Å². The van der Waals surface area contributed by atoms with Gasteiger partial charge in [-0.25, -0.2) is 4.85 Å². The summed E-state index contributed by atoms with van der Waals surface area (Å²) in [7, 11) is 0. The largest absolute Gasteiger partial charge is 0.319 e. The van der Waals surface area contributed by atoms with Crippen LogP contribution in [0.5, 0.6) is 0 Å². The number of hydrogen-bond donors (Lipinski definition) is 0. The van der Waals surface area contributed by atoms with E-state index in [2.05, 4.69) is 223 Å². The van der Waals surface area contributed by atoms with Gasteiger partial charge >= 0.3 is 0 Å². The van der Waals surface area contributed by atoms with Crippen LogP contribution in [-0.2, 0) is 0 Å². The fourth-order valence-electron chi connectivity index (χ4n) is 11.2. The first kappa shape index (κ1) is 37.7. The van der Waals surface area contributed by atoms with Gasteiger partial charge < -0.3 is 18.3 Å². The first-order valence-corrected chi connectivity index (χ1v) is 22.8. The van der Waals surface area contributed by atoms with E-state index in [0.29, 0.717) is 11.3 Å². The summed E-state index contributed by atoms with van der Waals surface area (Å²) in [4.78, 5) is 4.58. The molecule has 4 aromatic heterocycles. The van der Waals surface area contributed by atoms with Crippen LogP contribution in [-0.4, -0.2) is 18.3 Å². The lowest BCUT2D eigenvalue weighted by Crippen LogP contribution is -2.03. The summed E-state index contributed by atoms with van der Waals surface area (Å²) < 4.78 is 9.28. The number of benzene rings is 10. The molecule has 68 heavy (non-hydrogen) atoms. The highest BCUT2D eigenvalue weighted by atomic mass is 15.1. The second kappa shape index (κ2) is 14.4. The molecule has 14 rings (SSSR count). The van der Waals surface area contributed by atoms with E-state index >= 15 is 0 Å². The highest BCUT2D eigenvalue weighted by Crippen LogP contribution is 2.47. The van der Waals surface area contributed by atoms with E-state index in [9.17, 15) is 11.8 Å². The number of hydrogen-bond acceptors (Lipinski definition) is 1. The quantitative estimate of drug-likeness (QED) is 0.159. The monoisotopic (exact) mass is 864 g/mol. The Morgan fingerprint density at radius 3 is 1.19 bits per heavy atom. The molecule has 0 amide bonds. The molecule has 0 spiro atoms. The van der Waals surface area contributed by atoms with Gasteiger partial charge in [-0.3, -0.25) is 0 Å². The predicted octanol–water partition coefficient (Wildman–Crippen LogP) is 16.2. The minimum Gasteiger partial charge on any atom is -0.319 e. The molecule has 0 N–H and O–H groups in total. The molecule has 0 aliphatic heterocycles. The number of fused-ring (bicyclic) bond motifs is 12. The summed E-state index contributed by atoms with van der Waals surface area (Å²) in [6.45, 7) is 9.31. The van der Waals surface area contributed by atoms with Gasteiger partial charge in [-0.1, -0.05) is 140 Å². The Labute approximate surface area is 390 Å². The van der Waals surface area contributed by atoms with Crippen molar-refractivity contribution in [1.29, 1.82) is 5.26 Å². The molecule has 0 bridgehead atoms. The van der Waals surface area contributed by atoms with E-state index in [0.717, 1.165) is 99.6 Å². The van der Waals surface area contributed by atoms with Gasteiger partial charge in [0.1, 0.15) is 0 Å². The van der Waals surface area contributed by atoms with Crippen molar-refractivity contribution >= 4 is 92.9 Å². The molecule has 4 heterocycles. The molecule has 0 radical (unpaired) electrons. The molecule has 0 saturated carbocycles. The van der Waals surface area contributed by atoms with Gasteiger partial charge in [0.15, 0.2) is 0 Å². The fraction of sp³-hybridized carbons (Fsp3) is 0. The minimum atomic E-state index is 0.500. The number of nitriles is 1. The van der Waals surface area contributed by atoms with Crippen LogP contribution in [0.2, 0.25) is 0 Å². The molecule has 0 saturated heterocycles. The highest BCUT2D eigenvalue weighted by Gasteiger charge is 2.26. The van der Waals surface area contributed by atoms with E-state index in [1.165, 1.54) is 21.5 Å². The lowest BCUT2D eigenvalue weighted by molar-refractivity contribution is 1.13. The normalized spacial score (nSPS) is 11.8. The van der Waals surface area contributed by atoms with E-state index in [1.807, 2.05) is 24.3 Å². The van der Waals surface area contributed by atoms with Crippen molar-refractivity contribution in [2.45, 2.75) is 0 Å². The second-order valence-electron chi connectivity index (χ2n) is 17.5. The van der Waals surface area contributed by atoms with Crippen LogP contribution in [0.1, 0.15) is 5.56 Å². The zero-order valence-corrected chi connectivity index (χ0v) is 36.5. The summed E-state index contributed by atoms with van der Waals surface area (Å²) in [5, 5.41) is 19.3. The van der Waals surface area contributed by atoms with Crippen LogP contribution < -0.4 is 0 Å². The SMILES string of the molecule is [C-]#[N+]c1c(-n2c3ccccc3c3ccc(-n4c5ccccc5c5ccccc54)cc32)ccc(-c2cccc(C#N)c2)c1-n1c2ccccc2c2ccc(-n3c4ccccc4c4ccccc43)cc21. The molecule has 0 atom stereocenters. The first-order valence-electron chi connectivity index (χ1n) is 22.8. The van der Waals surface area contributed by atoms with Gasteiger partial charge in [0.25, 0.3) is 0 Å². The Balaban J connectivity index is 1.10. The number of para-hydroxylation sites is 6. The Morgan fingerprint density at radius 2 is 0.750 bits per heavy atom. The number of aromatic nitrogens is 4. The second-order valence-corrected chi connectivity index (χ2v) is 17.5. The summed E-state index contributed by atoms with van der Waals surface area (Å²) in [5.74, 6) is 0. The number of rotatable bonds is 5. The molecule has 6 heteroatoms. The molecule has 314 valence electrons. The van der Waals surface area contributed by atoms with Gasteiger partial charge in [0, 0.05) is 54.5 Å². The molecule has 0 fully saturated rings. The number of nitrogens with zero attached hydrogens (tertiary/aromatic N) is 6. The van der Waals surface area contributed by atoms with Gasteiger partial charge in [0.05, 0.1) is 73.7 Å². The Bertz CT molecular complexity index is 4430. The molecule has 10 aromatic carbocycles. The van der Waals surface area contributed by atoms with E-state index in [1.54, 1.807) is 0 Å². The van der Waals surface area contributed by atoms with Crippen LogP contribution in [0.3, 0.4) is 0 Å². The minimum absolute atomic E-state index is 0.500. The Morgan fingerprint density at radius 1 is 0.353 bits per heavy atom. The third-order valence-corrected chi connectivity index (χ3v) is 14.0. The lowest BCUT2D eigenvalue weighted by Gasteiger charge is -2.21. The van der Waals surface area contributed by atoms with Gasteiger partial charge in [-0.15, -0.1) is 0 Å². The van der Waals surface area contributed by atoms with Crippen LogP contribution in [0.15, 0.2) is 218 Å². The van der Waals surface area contributed by atoms with Crippen molar-refractivity contribution in [2.24, 2.45) is 0 Å². The average molecular weight is 865 g/mol. The Kier molecular flexibility index (Phi) is 8.01. The van der Waals surface area contributed by atoms with Gasteiger partial charge in [0.2, 0.25) is 5.69 Å². The molecule has 0 aliphatic rings. The third-order valence-electron chi connectivity index (χ3n) is 14.0. The molecule has 6 nitrogen and oxygen atoms in total. The summed E-state index contributed by atoms with van der Waals surface area (Å²) >= 11 is 0. The zero-order chi connectivity index (χ0) is 45.0. The van der Waals surface area contributed by atoms with Gasteiger partial charge in [-0.05, 0) is 90.0 Å². The summed E-state index contributed by atoms with van der Waals surface area (Å²) in [6.07, 6.45) is 0. The maximum Gasteiger partial charge on any atom is 0.234 e. The maximum absolute atomic E-state index is 10.2. The van der Waals surface area contributed by atoms with Crippen molar-refractivity contribution in [3.63, 3.8) is 0 Å². The van der Waals surface area contributed by atoms with Crippen LogP contribution in [0.4, 0.5) is 5.69 Å². The average Bonchev–Trinajstić information content (AvgIpc) is 4.13. The van der Waals surface area contributed by atoms with Crippen LogP contribution >= 0.6 is 0 Å². The van der Waals surface area contributed by atoms with Crippen molar-refractivity contribution in [2.75, 3.05) is 0 Å². The van der Waals surface area contributed by atoms with E-state index in [4.69, 9.17) is 0 Å². The highest BCUT2D eigenvalue weighted by molar-refractivity contribution is 6.15. The van der Waals surface area contributed by atoms with Crippen LogP contribution in [0, 0.1) is 17.9 Å². The molecule has 0 unspecified atom stereocenters. The standard InChI is InChI=1S/C62H36N6/c1-64-61-58(67-56-27-12-6-21-48(56)50-31-29-41(36-59(50)67)65-52-23-8-2-17-44(52)45-18-3-9-24-53(45)65)34-33-43(40-16-14-15-39(35-40)38-63)62(61)68-57-28-13-7-22-49(57)51-32-30-42(37-60(51)68)66-54-25-10-4-19-46(54)47-20-5-11-26-55(47)66/h2-37H. The van der Waals surface area contributed by atoms with Crippen molar-refractivity contribution in [1.82, 2.24) is 18.3 Å². The zero-order valence-electron chi connectivity index (χ0n) is 36.5. The predicted molar refractivity (Wildman–Crippen MR) is 280 cm³/mol. The molecular weight excluding hydrogens is 829 g/mol. The van der Waals surface area contributed by atoms with Crippen LogP contribution in [0.25, 0.3) is 126 Å². The topological polar surface area (TPSA) is 47.9 Å². The third kappa shape index (κ3) is 5.26. The molecular formula is C62H36N6. The van der Waals surface area contributed by atoms with Crippen molar-refractivity contribution in [3.05, 3.63) is 235 Å². The Hall–Kier alpha value is -9.62. The lowest BCUT2D eigenvalue weighted by atomic mass is 9.99. The summed E-state index contributed by atoms with van der Waals surface area (Å²) in [5.41, 5.74) is 14.8. The molecule has 14 aromatic rings. The first-order chi connectivity index (χ1) is 33.7.